The SMILES string of the molecule is Cc1nn(C(C)(C)C)c2nc(C(C)C)cc(C(=O)Nc3ccc(Br)cn3)c12. The zero-order chi connectivity index (χ0) is 19.9. The van der Waals surface area contributed by atoms with Crippen LogP contribution in [-0.4, -0.2) is 25.7 Å². The van der Waals surface area contributed by atoms with Crippen LogP contribution < -0.4 is 5.32 Å². The normalized spacial score (nSPS) is 12.0. The summed E-state index contributed by atoms with van der Waals surface area (Å²) in [6.45, 7) is 12.3. The van der Waals surface area contributed by atoms with Crippen LogP contribution in [0.25, 0.3) is 11.0 Å². The van der Waals surface area contributed by atoms with Gasteiger partial charge >= 0.3 is 0 Å². The zero-order valence-corrected chi connectivity index (χ0v) is 18.0. The number of carbonyl (C=O) groups excluding carboxylic acids is 1. The van der Waals surface area contributed by atoms with Gasteiger partial charge in [-0.25, -0.2) is 14.6 Å². The van der Waals surface area contributed by atoms with Gasteiger partial charge in [0.1, 0.15) is 5.82 Å². The summed E-state index contributed by atoms with van der Waals surface area (Å²) < 4.78 is 2.76. The average Bonchev–Trinajstić information content (AvgIpc) is 2.93. The van der Waals surface area contributed by atoms with E-state index in [0.717, 1.165) is 26.9 Å². The Bertz CT molecular complexity index is 1000. The highest BCUT2D eigenvalue weighted by molar-refractivity contribution is 9.10. The molecule has 0 aliphatic carbocycles. The van der Waals surface area contributed by atoms with E-state index in [0.29, 0.717) is 11.4 Å². The molecule has 0 bridgehead atoms. The summed E-state index contributed by atoms with van der Waals surface area (Å²) in [5.74, 6) is 0.478. The van der Waals surface area contributed by atoms with Crippen molar-refractivity contribution in [3.05, 3.63) is 45.8 Å². The molecule has 1 amide bonds. The van der Waals surface area contributed by atoms with Gasteiger partial charge in [0, 0.05) is 16.4 Å². The van der Waals surface area contributed by atoms with E-state index in [9.17, 15) is 4.79 Å². The van der Waals surface area contributed by atoms with Gasteiger partial charge < -0.3 is 5.32 Å². The largest absolute Gasteiger partial charge is 0.307 e. The second-order valence-corrected chi connectivity index (χ2v) is 8.85. The quantitative estimate of drug-likeness (QED) is 0.633. The molecule has 0 unspecified atom stereocenters. The molecule has 3 aromatic rings. The summed E-state index contributed by atoms with van der Waals surface area (Å²) in [7, 11) is 0. The van der Waals surface area contributed by atoms with Crippen molar-refractivity contribution < 1.29 is 4.79 Å². The van der Waals surface area contributed by atoms with E-state index < -0.39 is 0 Å². The Balaban J connectivity index is 2.17. The lowest BCUT2D eigenvalue weighted by molar-refractivity contribution is 0.102. The van der Waals surface area contributed by atoms with Crippen LogP contribution in [0.1, 0.15) is 62.3 Å². The molecule has 0 saturated heterocycles. The molecule has 0 aliphatic heterocycles. The maximum absolute atomic E-state index is 13.1. The molecule has 6 nitrogen and oxygen atoms in total. The second kappa shape index (κ2) is 7.03. The fourth-order valence-corrected chi connectivity index (χ4v) is 3.12. The molecule has 27 heavy (non-hydrogen) atoms. The summed E-state index contributed by atoms with van der Waals surface area (Å²) in [5, 5.41) is 8.34. The third kappa shape index (κ3) is 3.88. The van der Waals surface area contributed by atoms with Crippen LogP contribution in [0.15, 0.2) is 28.9 Å². The molecule has 0 radical (unpaired) electrons. The van der Waals surface area contributed by atoms with Crippen LogP contribution in [-0.2, 0) is 5.54 Å². The Morgan fingerprint density at radius 3 is 2.52 bits per heavy atom. The van der Waals surface area contributed by atoms with E-state index in [-0.39, 0.29) is 17.4 Å². The van der Waals surface area contributed by atoms with Crippen molar-refractivity contribution in [2.24, 2.45) is 0 Å². The first-order valence-corrected chi connectivity index (χ1v) is 9.71. The van der Waals surface area contributed by atoms with Crippen LogP contribution in [0.3, 0.4) is 0 Å². The highest BCUT2D eigenvalue weighted by atomic mass is 79.9. The molecular formula is C20H24BrN5O. The maximum atomic E-state index is 13.1. The Hall–Kier alpha value is -2.28. The monoisotopic (exact) mass is 429 g/mol. The van der Waals surface area contributed by atoms with Crippen molar-refractivity contribution >= 4 is 38.7 Å². The number of hydrogen-bond acceptors (Lipinski definition) is 4. The number of rotatable bonds is 3. The average molecular weight is 430 g/mol. The second-order valence-electron chi connectivity index (χ2n) is 7.93. The molecule has 0 saturated carbocycles. The highest BCUT2D eigenvalue weighted by Crippen LogP contribution is 2.29. The van der Waals surface area contributed by atoms with Gasteiger partial charge in [-0.1, -0.05) is 13.8 Å². The lowest BCUT2D eigenvalue weighted by Gasteiger charge is -2.20. The van der Waals surface area contributed by atoms with E-state index in [4.69, 9.17) is 4.98 Å². The number of aryl methyl sites for hydroxylation is 1. The van der Waals surface area contributed by atoms with Gasteiger partial charge in [0.15, 0.2) is 5.65 Å². The standard InChI is InChI=1S/C20H24BrN5O/c1-11(2)15-9-14(19(27)24-16-8-7-13(21)10-22-16)17-12(3)25-26(18(17)23-15)20(4,5)6/h7-11H,1-6H3,(H,22,24,27). The smallest absolute Gasteiger partial charge is 0.257 e. The van der Waals surface area contributed by atoms with Gasteiger partial charge in [-0.05, 0) is 67.7 Å². The minimum atomic E-state index is -0.240. The highest BCUT2D eigenvalue weighted by Gasteiger charge is 2.25. The zero-order valence-electron chi connectivity index (χ0n) is 16.5. The first-order valence-electron chi connectivity index (χ1n) is 8.91. The van der Waals surface area contributed by atoms with E-state index in [1.54, 1.807) is 12.3 Å². The first-order chi connectivity index (χ1) is 12.6. The van der Waals surface area contributed by atoms with Gasteiger partial charge in [0.25, 0.3) is 5.91 Å². The van der Waals surface area contributed by atoms with Crippen molar-refractivity contribution in [2.45, 2.75) is 53.0 Å². The predicted octanol–water partition coefficient (Wildman–Crippen LogP) is 5.03. The van der Waals surface area contributed by atoms with E-state index in [2.05, 4.69) is 65.9 Å². The Morgan fingerprint density at radius 2 is 1.96 bits per heavy atom. The Labute approximate surface area is 167 Å². The fraction of sp³-hybridized carbons (Fsp3) is 0.400. The molecule has 1 N–H and O–H groups in total. The van der Waals surface area contributed by atoms with Crippen molar-refractivity contribution in [1.82, 2.24) is 19.7 Å². The van der Waals surface area contributed by atoms with Crippen LogP contribution >= 0.6 is 15.9 Å². The van der Waals surface area contributed by atoms with E-state index in [1.807, 2.05) is 23.7 Å². The molecule has 0 fully saturated rings. The van der Waals surface area contributed by atoms with E-state index >= 15 is 0 Å². The number of hydrogen-bond donors (Lipinski definition) is 1. The summed E-state index contributed by atoms with van der Waals surface area (Å²) >= 11 is 3.35. The van der Waals surface area contributed by atoms with Crippen LogP contribution in [0, 0.1) is 6.92 Å². The number of aromatic nitrogens is 4. The summed E-state index contributed by atoms with van der Waals surface area (Å²) in [6.07, 6.45) is 1.65. The summed E-state index contributed by atoms with van der Waals surface area (Å²) in [4.78, 5) is 22.1. The lowest BCUT2D eigenvalue weighted by atomic mass is 10.0. The van der Waals surface area contributed by atoms with Crippen LogP contribution in [0.2, 0.25) is 0 Å². The third-order valence-electron chi connectivity index (χ3n) is 4.27. The molecule has 0 atom stereocenters. The van der Waals surface area contributed by atoms with Gasteiger partial charge in [-0.3, -0.25) is 4.79 Å². The predicted molar refractivity (Wildman–Crippen MR) is 111 cm³/mol. The van der Waals surface area contributed by atoms with Crippen molar-refractivity contribution in [2.75, 3.05) is 5.32 Å². The molecule has 3 heterocycles. The van der Waals surface area contributed by atoms with Crippen LogP contribution in [0.4, 0.5) is 5.82 Å². The minimum Gasteiger partial charge on any atom is -0.307 e. The number of fused-ring (bicyclic) bond motifs is 1. The number of anilines is 1. The number of carbonyl (C=O) groups is 1. The first kappa shape index (κ1) is 19.5. The van der Waals surface area contributed by atoms with Gasteiger partial charge in [-0.15, -0.1) is 0 Å². The number of nitrogens with zero attached hydrogens (tertiary/aromatic N) is 4. The van der Waals surface area contributed by atoms with Crippen molar-refractivity contribution in [3.63, 3.8) is 0 Å². The Kier molecular flexibility index (Phi) is 5.08. The lowest BCUT2D eigenvalue weighted by Crippen LogP contribution is -2.24. The maximum Gasteiger partial charge on any atom is 0.257 e. The molecule has 0 aromatic carbocycles. The number of pyridine rings is 2. The topological polar surface area (TPSA) is 72.7 Å². The molecule has 7 heteroatoms. The minimum absolute atomic E-state index is 0.190. The van der Waals surface area contributed by atoms with Crippen LogP contribution in [0.5, 0.6) is 0 Å². The van der Waals surface area contributed by atoms with Crippen molar-refractivity contribution in [1.29, 1.82) is 0 Å². The van der Waals surface area contributed by atoms with E-state index in [1.165, 1.54) is 0 Å². The van der Waals surface area contributed by atoms with Gasteiger partial charge in [-0.2, -0.15) is 5.10 Å². The molecular weight excluding hydrogens is 406 g/mol. The number of nitrogens with one attached hydrogen (secondary N) is 1. The molecule has 3 aromatic heterocycles. The molecule has 142 valence electrons. The van der Waals surface area contributed by atoms with Crippen molar-refractivity contribution in [3.8, 4) is 0 Å². The molecule has 0 spiro atoms. The number of amides is 1. The fourth-order valence-electron chi connectivity index (χ4n) is 2.88. The molecule has 0 aliphatic rings. The summed E-state index contributed by atoms with van der Waals surface area (Å²) in [5.41, 5.74) is 2.72. The number of halogens is 1. The Morgan fingerprint density at radius 1 is 1.26 bits per heavy atom. The van der Waals surface area contributed by atoms with Gasteiger partial charge in [0.2, 0.25) is 0 Å². The molecule has 3 rings (SSSR count). The van der Waals surface area contributed by atoms with Gasteiger partial charge in [0.05, 0.1) is 22.2 Å². The summed E-state index contributed by atoms with van der Waals surface area (Å²) in [6, 6.07) is 5.46. The third-order valence-corrected chi connectivity index (χ3v) is 4.74.